The number of carbonyl (C=O) groups is 1. The summed E-state index contributed by atoms with van der Waals surface area (Å²) < 4.78 is 0. The molecule has 0 aromatic carbocycles. The van der Waals surface area contributed by atoms with Crippen LogP contribution in [0.25, 0.3) is 0 Å². The molecule has 0 radical (unpaired) electrons. The zero-order valence-corrected chi connectivity index (χ0v) is 15.2. The summed E-state index contributed by atoms with van der Waals surface area (Å²) in [6.07, 6.45) is 10.1. The third-order valence-electron chi connectivity index (χ3n) is 5.78. The highest BCUT2D eigenvalue weighted by Crippen LogP contribution is 2.41. The smallest absolute Gasteiger partial charge is 0.277 e. The third kappa shape index (κ3) is 3.91. The number of hydrogen-bond donors (Lipinski definition) is 2. The van der Waals surface area contributed by atoms with E-state index in [1.54, 1.807) is 5.48 Å². The van der Waals surface area contributed by atoms with Crippen LogP contribution in [0, 0.1) is 5.41 Å². The summed E-state index contributed by atoms with van der Waals surface area (Å²) in [4.78, 5) is 28.8. The maximum Gasteiger partial charge on any atom is 0.277 e. The molecule has 8 heteroatoms. The molecule has 4 rings (SSSR count). The van der Waals surface area contributed by atoms with E-state index in [0.717, 1.165) is 45.6 Å². The van der Waals surface area contributed by atoms with Crippen LogP contribution < -0.4 is 10.4 Å². The first kappa shape index (κ1) is 17.8. The van der Waals surface area contributed by atoms with E-state index in [4.69, 9.17) is 5.21 Å². The Labute approximate surface area is 158 Å². The van der Waals surface area contributed by atoms with Gasteiger partial charge in [0.05, 0.1) is 5.56 Å². The second-order valence-electron chi connectivity index (χ2n) is 7.52. The van der Waals surface area contributed by atoms with Gasteiger partial charge in [-0.05, 0) is 48.9 Å². The fraction of sp³-hybridized carbons (Fsp3) is 0.474. The molecule has 0 aliphatic carbocycles. The average molecular weight is 368 g/mol. The molecule has 2 saturated heterocycles. The molecular weight excluding hydrogens is 344 g/mol. The Bertz CT molecular complexity index is 775. The minimum Gasteiger partial charge on any atom is -0.341 e. The number of rotatable bonds is 4. The van der Waals surface area contributed by atoms with Gasteiger partial charge in [0.15, 0.2) is 0 Å². The van der Waals surface area contributed by atoms with Crippen LogP contribution in [0.2, 0.25) is 0 Å². The van der Waals surface area contributed by atoms with Gasteiger partial charge in [-0.25, -0.2) is 15.4 Å². The molecule has 0 bridgehead atoms. The normalized spacial score (nSPS) is 19.4. The standard InChI is InChI=1S/C19H24N6O2/c26-17(23-27)16-11-21-18(22-12-16)25-9-4-19(5-10-25)3-8-24(14-19)13-15-1-6-20-7-2-15/h1-2,6-7,11-12,27H,3-5,8-10,13-14H2,(H,23,26). The van der Waals surface area contributed by atoms with Gasteiger partial charge in [-0.1, -0.05) is 0 Å². The lowest BCUT2D eigenvalue weighted by Crippen LogP contribution is -2.42. The van der Waals surface area contributed by atoms with Crippen molar-refractivity contribution >= 4 is 11.9 Å². The van der Waals surface area contributed by atoms with Crippen molar-refractivity contribution in [2.75, 3.05) is 31.1 Å². The molecule has 2 N–H and O–H groups in total. The highest BCUT2D eigenvalue weighted by molar-refractivity contribution is 5.92. The van der Waals surface area contributed by atoms with Crippen molar-refractivity contribution in [2.24, 2.45) is 5.41 Å². The number of likely N-dealkylation sites (tertiary alicyclic amines) is 1. The maximum atomic E-state index is 11.4. The quantitative estimate of drug-likeness (QED) is 0.623. The van der Waals surface area contributed by atoms with Gasteiger partial charge in [0, 0.05) is 51.0 Å². The molecule has 4 heterocycles. The molecule has 2 aliphatic heterocycles. The number of carbonyl (C=O) groups excluding carboxylic acids is 1. The van der Waals surface area contributed by atoms with E-state index in [1.165, 1.54) is 24.4 Å². The number of aromatic nitrogens is 3. The second kappa shape index (κ2) is 7.58. The Morgan fingerprint density at radius 2 is 1.78 bits per heavy atom. The van der Waals surface area contributed by atoms with Gasteiger partial charge in [-0.3, -0.25) is 19.9 Å². The Balaban J connectivity index is 1.33. The molecular formula is C19H24N6O2. The molecule has 0 atom stereocenters. The topological polar surface area (TPSA) is 94.5 Å². The van der Waals surface area contributed by atoms with Gasteiger partial charge < -0.3 is 4.90 Å². The summed E-state index contributed by atoms with van der Waals surface area (Å²) in [6.45, 7) is 5.12. The minimum absolute atomic E-state index is 0.247. The minimum atomic E-state index is -0.598. The average Bonchev–Trinajstić information content (AvgIpc) is 3.11. The number of hydroxylamine groups is 1. The zero-order valence-electron chi connectivity index (χ0n) is 15.2. The van der Waals surface area contributed by atoms with Gasteiger partial charge >= 0.3 is 0 Å². The van der Waals surface area contributed by atoms with Crippen molar-refractivity contribution < 1.29 is 10.0 Å². The predicted molar refractivity (Wildman–Crippen MR) is 99.3 cm³/mol. The maximum absolute atomic E-state index is 11.4. The van der Waals surface area contributed by atoms with Crippen LogP contribution in [0.15, 0.2) is 36.9 Å². The van der Waals surface area contributed by atoms with Crippen LogP contribution in [-0.4, -0.2) is 57.1 Å². The van der Waals surface area contributed by atoms with E-state index in [-0.39, 0.29) is 5.56 Å². The number of nitrogens with one attached hydrogen (secondary N) is 1. The molecule has 2 fully saturated rings. The van der Waals surface area contributed by atoms with E-state index < -0.39 is 5.91 Å². The monoisotopic (exact) mass is 368 g/mol. The van der Waals surface area contributed by atoms with Gasteiger partial charge in [-0.2, -0.15) is 0 Å². The molecule has 1 spiro atoms. The molecule has 142 valence electrons. The SMILES string of the molecule is O=C(NO)c1cnc(N2CCC3(CCN(Cc4ccncc4)C3)CC2)nc1. The molecule has 0 saturated carbocycles. The Morgan fingerprint density at radius 3 is 2.44 bits per heavy atom. The summed E-state index contributed by atoms with van der Waals surface area (Å²) in [5.74, 6) is 0.0466. The third-order valence-corrected chi connectivity index (χ3v) is 5.78. The van der Waals surface area contributed by atoms with Crippen molar-refractivity contribution in [1.29, 1.82) is 0 Å². The van der Waals surface area contributed by atoms with Crippen molar-refractivity contribution in [3.63, 3.8) is 0 Å². The molecule has 1 amide bonds. The van der Waals surface area contributed by atoms with Crippen molar-refractivity contribution in [3.05, 3.63) is 48.0 Å². The lowest BCUT2D eigenvalue weighted by atomic mass is 9.78. The largest absolute Gasteiger partial charge is 0.341 e. The van der Waals surface area contributed by atoms with Crippen LogP contribution in [-0.2, 0) is 6.54 Å². The van der Waals surface area contributed by atoms with Crippen LogP contribution in [0.3, 0.4) is 0 Å². The molecule has 27 heavy (non-hydrogen) atoms. The Hall–Kier alpha value is -2.58. The summed E-state index contributed by atoms with van der Waals surface area (Å²) in [5, 5.41) is 8.67. The highest BCUT2D eigenvalue weighted by Gasteiger charge is 2.40. The fourth-order valence-electron chi connectivity index (χ4n) is 4.16. The van der Waals surface area contributed by atoms with Crippen molar-refractivity contribution in [3.8, 4) is 0 Å². The first-order chi connectivity index (χ1) is 13.2. The highest BCUT2D eigenvalue weighted by atomic mass is 16.5. The molecule has 2 aliphatic rings. The van der Waals surface area contributed by atoms with Gasteiger partial charge in [0.25, 0.3) is 5.91 Å². The summed E-state index contributed by atoms with van der Waals surface area (Å²) in [7, 11) is 0. The Kier molecular flexibility index (Phi) is 5.00. The van der Waals surface area contributed by atoms with E-state index >= 15 is 0 Å². The zero-order chi connectivity index (χ0) is 18.7. The molecule has 2 aromatic heterocycles. The predicted octanol–water partition coefficient (Wildman–Crippen LogP) is 1.48. The lowest BCUT2D eigenvalue weighted by Gasteiger charge is -2.39. The van der Waals surface area contributed by atoms with Crippen LogP contribution in [0.5, 0.6) is 0 Å². The van der Waals surface area contributed by atoms with Gasteiger partial charge in [-0.15, -0.1) is 0 Å². The first-order valence-electron chi connectivity index (χ1n) is 9.30. The number of piperidine rings is 1. The second-order valence-corrected chi connectivity index (χ2v) is 7.52. The summed E-state index contributed by atoms with van der Waals surface area (Å²) in [6, 6.07) is 4.18. The van der Waals surface area contributed by atoms with Crippen LogP contribution >= 0.6 is 0 Å². The van der Waals surface area contributed by atoms with Crippen LogP contribution in [0.1, 0.15) is 35.2 Å². The molecule has 8 nitrogen and oxygen atoms in total. The molecule has 2 aromatic rings. The van der Waals surface area contributed by atoms with Crippen LogP contribution in [0.4, 0.5) is 5.95 Å². The van der Waals surface area contributed by atoms with Gasteiger partial charge in [0.1, 0.15) is 0 Å². The molecule has 0 unspecified atom stereocenters. The van der Waals surface area contributed by atoms with Crippen molar-refractivity contribution in [1.82, 2.24) is 25.3 Å². The van der Waals surface area contributed by atoms with Crippen molar-refractivity contribution in [2.45, 2.75) is 25.8 Å². The van der Waals surface area contributed by atoms with Gasteiger partial charge in [0.2, 0.25) is 5.95 Å². The summed E-state index contributed by atoms with van der Waals surface area (Å²) in [5.41, 5.74) is 3.55. The van der Waals surface area contributed by atoms with E-state index in [2.05, 4.69) is 36.9 Å². The number of anilines is 1. The first-order valence-corrected chi connectivity index (χ1v) is 9.30. The van der Waals surface area contributed by atoms with E-state index in [0.29, 0.717) is 11.4 Å². The number of nitrogens with zero attached hydrogens (tertiary/aromatic N) is 5. The van der Waals surface area contributed by atoms with E-state index in [1.807, 2.05) is 12.4 Å². The fourth-order valence-corrected chi connectivity index (χ4v) is 4.16. The lowest BCUT2D eigenvalue weighted by molar-refractivity contribution is 0.0705. The summed E-state index contributed by atoms with van der Waals surface area (Å²) >= 11 is 0. The Morgan fingerprint density at radius 1 is 1.11 bits per heavy atom. The number of hydrogen-bond acceptors (Lipinski definition) is 7. The number of amides is 1. The van der Waals surface area contributed by atoms with E-state index in [9.17, 15) is 4.79 Å². The number of pyridine rings is 1.